The minimum atomic E-state index is -0.642. The summed E-state index contributed by atoms with van der Waals surface area (Å²) in [5, 5.41) is 9.63. The Kier molecular flexibility index (Phi) is 2.97. The summed E-state index contributed by atoms with van der Waals surface area (Å²) in [6.45, 7) is 4.78. The fourth-order valence-corrected chi connectivity index (χ4v) is 0.201. The molecule has 0 aromatic rings. The highest BCUT2D eigenvalue weighted by Gasteiger charge is 2.10. The minimum Gasteiger partial charge on any atom is -0.228 e. The van der Waals surface area contributed by atoms with Gasteiger partial charge < -0.3 is 0 Å². The summed E-state index contributed by atoms with van der Waals surface area (Å²) in [4.78, 5) is 8.71. The second-order valence-electron chi connectivity index (χ2n) is 2.43. The van der Waals surface area contributed by atoms with Gasteiger partial charge >= 0.3 is 0 Å². The topological polar surface area (TPSA) is 38.4 Å². The van der Waals surface area contributed by atoms with Crippen LogP contribution in [0, 0.1) is 0 Å². The molecule has 0 saturated heterocycles. The highest BCUT2D eigenvalue weighted by Crippen LogP contribution is 2.05. The second kappa shape index (κ2) is 3.02. The number of hydrogen-bond donors (Lipinski definition) is 0. The maximum atomic E-state index is 9.63. The monoisotopic (exact) mass is 119 g/mol. The first-order valence-electron chi connectivity index (χ1n) is 2.45. The molecule has 0 amide bonds. The zero-order valence-electron chi connectivity index (χ0n) is 5.43. The van der Waals surface area contributed by atoms with Crippen molar-refractivity contribution in [2.45, 2.75) is 26.4 Å². The van der Waals surface area contributed by atoms with Gasteiger partial charge in [-0.15, -0.1) is 0 Å². The van der Waals surface area contributed by atoms with E-state index in [0.29, 0.717) is 0 Å². The molecule has 0 rings (SSSR count). The van der Waals surface area contributed by atoms with Crippen LogP contribution in [0.4, 0.5) is 0 Å². The Morgan fingerprint density at radius 1 is 1.38 bits per heavy atom. The van der Waals surface area contributed by atoms with Crippen molar-refractivity contribution in [3.05, 3.63) is 0 Å². The van der Waals surface area contributed by atoms with E-state index in [1.54, 1.807) is 0 Å². The second-order valence-corrected chi connectivity index (χ2v) is 2.43. The van der Waals surface area contributed by atoms with Crippen LogP contribution in [0.3, 0.4) is 0 Å². The lowest BCUT2D eigenvalue weighted by Gasteiger charge is -2.15. The molecule has 3 heteroatoms. The summed E-state index contributed by atoms with van der Waals surface area (Å²) in [5.41, 5.74) is -0.371. The Labute approximate surface area is 49.1 Å². The van der Waals surface area contributed by atoms with E-state index in [4.69, 9.17) is 0 Å². The average molecular weight is 119 g/mol. The van der Waals surface area contributed by atoms with E-state index in [1.807, 2.05) is 20.8 Å². The first-order chi connectivity index (χ1) is 3.56. The number of rotatable bonds is 2. The van der Waals surface area contributed by atoms with Gasteiger partial charge in [-0.1, -0.05) is 0 Å². The zero-order valence-corrected chi connectivity index (χ0v) is 5.43. The summed E-state index contributed by atoms with van der Waals surface area (Å²) in [5.74, 6) is 0. The fourth-order valence-electron chi connectivity index (χ4n) is 0.201. The highest BCUT2D eigenvalue weighted by molar-refractivity contribution is 4.53. The van der Waals surface area contributed by atoms with Gasteiger partial charge in [0.1, 0.15) is 0 Å². The van der Waals surface area contributed by atoms with Crippen LogP contribution in [0.15, 0.2) is 0 Å². The molecule has 0 saturated carbocycles. The lowest BCUT2D eigenvalue weighted by molar-refractivity contribution is -0.382. The maximum absolute atomic E-state index is 9.63. The average Bonchev–Trinajstić information content (AvgIpc) is 1.59. The Balaban J connectivity index is 3.11. The van der Waals surface area contributed by atoms with E-state index in [0.717, 1.165) is 0 Å². The van der Waals surface area contributed by atoms with Crippen LogP contribution in [0.25, 0.3) is 0 Å². The molecular weight excluding hydrogens is 108 g/mol. The Hall–Kier alpha value is -0.120. The third-order valence-electron chi connectivity index (χ3n) is 0.357. The van der Waals surface area contributed by atoms with E-state index in [-0.39, 0.29) is 5.60 Å². The standard InChI is InChI=1S/C5H11O3/c1-5(2,3)8-7-4-6/h4H2,1-3H3. The van der Waals surface area contributed by atoms with E-state index in [9.17, 15) is 5.11 Å². The largest absolute Gasteiger partial charge is 0.228 e. The van der Waals surface area contributed by atoms with Crippen LogP contribution >= 0.6 is 0 Å². The van der Waals surface area contributed by atoms with Gasteiger partial charge in [0, 0.05) is 0 Å². The fraction of sp³-hybridized carbons (Fsp3) is 1.00. The van der Waals surface area contributed by atoms with Gasteiger partial charge in [0.25, 0.3) is 0 Å². The Morgan fingerprint density at radius 2 is 1.88 bits per heavy atom. The SMILES string of the molecule is CC(C)(C)OOC[O]. The third kappa shape index (κ3) is 5.88. The molecule has 0 aromatic heterocycles. The minimum absolute atomic E-state index is 0.371. The van der Waals surface area contributed by atoms with E-state index in [1.165, 1.54) is 0 Å². The Bertz CT molecular complexity index is 55.2. The molecule has 0 aliphatic carbocycles. The van der Waals surface area contributed by atoms with E-state index in [2.05, 4.69) is 9.78 Å². The summed E-state index contributed by atoms with van der Waals surface area (Å²) in [7, 11) is 0. The first kappa shape index (κ1) is 7.88. The lowest BCUT2D eigenvalue weighted by Crippen LogP contribution is -2.19. The molecule has 3 nitrogen and oxygen atoms in total. The van der Waals surface area contributed by atoms with Gasteiger partial charge in [0.2, 0.25) is 6.79 Å². The summed E-state index contributed by atoms with van der Waals surface area (Å²) >= 11 is 0. The van der Waals surface area contributed by atoms with Crippen molar-refractivity contribution in [2.24, 2.45) is 0 Å². The van der Waals surface area contributed by atoms with Gasteiger partial charge in [0.15, 0.2) is 0 Å². The van der Waals surface area contributed by atoms with Crippen molar-refractivity contribution >= 4 is 0 Å². The van der Waals surface area contributed by atoms with Crippen molar-refractivity contribution in [1.29, 1.82) is 0 Å². The Morgan fingerprint density at radius 3 is 2.00 bits per heavy atom. The summed E-state index contributed by atoms with van der Waals surface area (Å²) < 4.78 is 0. The van der Waals surface area contributed by atoms with Gasteiger partial charge in [-0.3, -0.25) is 0 Å². The molecule has 0 atom stereocenters. The molecule has 0 spiro atoms. The molecule has 0 aliphatic heterocycles. The molecule has 0 aromatic carbocycles. The van der Waals surface area contributed by atoms with E-state index >= 15 is 0 Å². The van der Waals surface area contributed by atoms with Crippen molar-refractivity contribution in [1.82, 2.24) is 0 Å². The zero-order chi connectivity index (χ0) is 6.62. The molecule has 0 bridgehead atoms. The molecule has 8 heavy (non-hydrogen) atoms. The molecule has 0 fully saturated rings. The van der Waals surface area contributed by atoms with Crippen LogP contribution in [-0.2, 0) is 14.9 Å². The van der Waals surface area contributed by atoms with Gasteiger partial charge in [-0.25, -0.2) is 14.9 Å². The predicted octanol–water partition coefficient (Wildman–Crippen LogP) is 1.12. The summed E-state index contributed by atoms with van der Waals surface area (Å²) in [6, 6.07) is 0. The normalized spacial score (nSPS) is 12.0. The molecule has 0 N–H and O–H groups in total. The molecule has 49 valence electrons. The molecule has 0 unspecified atom stereocenters. The first-order valence-corrected chi connectivity index (χ1v) is 2.45. The van der Waals surface area contributed by atoms with Crippen LogP contribution in [0.1, 0.15) is 20.8 Å². The van der Waals surface area contributed by atoms with Crippen LogP contribution in [0.2, 0.25) is 0 Å². The van der Waals surface area contributed by atoms with Gasteiger partial charge in [0.05, 0.1) is 5.60 Å². The smallest absolute Gasteiger partial charge is 0.214 e. The van der Waals surface area contributed by atoms with Gasteiger partial charge in [-0.2, -0.15) is 0 Å². The van der Waals surface area contributed by atoms with Crippen LogP contribution in [0.5, 0.6) is 0 Å². The van der Waals surface area contributed by atoms with Crippen LogP contribution < -0.4 is 0 Å². The van der Waals surface area contributed by atoms with Crippen molar-refractivity contribution in [2.75, 3.05) is 6.79 Å². The van der Waals surface area contributed by atoms with Crippen molar-refractivity contribution < 1.29 is 14.9 Å². The quantitative estimate of drug-likeness (QED) is 0.310. The van der Waals surface area contributed by atoms with Gasteiger partial charge in [-0.05, 0) is 20.8 Å². The summed E-state index contributed by atoms with van der Waals surface area (Å²) in [6.07, 6.45) is 0. The molecule has 0 heterocycles. The van der Waals surface area contributed by atoms with Crippen molar-refractivity contribution in [3.63, 3.8) is 0 Å². The predicted molar refractivity (Wildman–Crippen MR) is 27.5 cm³/mol. The van der Waals surface area contributed by atoms with Crippen molar-refractivity contribution in [3.8, 4) is 0 Å². The molecule has 1 radical (unpaired) electrons. The molecule has 0 aliphatic rings. The van der Waals surface area contributed by atoms with Crippen LogP contribution in [-0.4, -0.2) is 12.4 Å². The third-order valence-corrected chi connectivity index (χ3v) is 0.357. The highest BCUT2D eigenvalue weighted by atomic mass is 17.2. The lowest BCUT2D eigenvalue weighted by atomic mass is 10.2. The maximum Gasteiger partial charge on any atom is 0.214 e. The number of hydrogen-bond acceptors (Lipinski definition) is 2. The van der Waals surface area contributed by atoms with E-state index < -0.39 is 6.79 Å². The molecular formula is C5H11O3.